The van der Waals surface area contributed by atoms with Gasteiger partial charge in [0, 0.05) is 11.3 Å². The zero-order valence-corrected chi connectivity index (χ0v) is 17.9. The Bertz CT molecular complexity index is 1100. The predicted octanol–water partition coefficient (Wildman–Crippen LogP) is 3.20. The van der Waals surface area contributed by atoms with E-state index in [1.807, 2.05) is 32.9 Å². The average Bonchev–Trinajstić information content (AvgIpc) is 3.14. The fraction of sp³-hybridized carbons (Fsp3) is 0.318. The summed E-state index contributed by atoms with van der Waals surface area (Å²) in [5.74, 6) is -0.657. The maximum atomic E-state index is 14.3. The Balaban J connectivity index is 1.80. The van der Waals surface area contributed by atoms with E-state index in [1.54, 1.807) is 19.1 Å². The van der Waals surface area contributed by atoms with E-state index in [1.165, 1.54) is 22.9 Å². The molecule has 9 heteroatoms. The third-order valence-electron chi connectivity index (χ3n) is 4.79. The Kier molecular flexibility index (Phi) is 6.74. The maximum Gasteiger partial charge on any atom is 0.252 e. The first kappa shape index (κ1) is 22.1. The van der Waals surface area contributed by atoms with Crippen molar-refractivity contribution in [2.24, 2.45) is 5.92 Å². The van der Waals surface area contributed by atoms with Gasteiger partial charge in [0.25, 0.3) is 5.91 Å². The number of rotatable bonds is 7. The first-order valence-corrected chi connectivity index (χ1v) is 9.98. The molecule has 2 aromatic carbocycles. The maximum absolute atomic E-state index is 14.3. The fourth-order valence-electron chi connectivity index (χ4n) is 3.20. The highest BCUT2D eigenvalue weighted by Gasteiger charge is 2.24. The van der Waals surface area contributed by atoms with Crippen LogP contribution in [-0.2, 0) is 4.79 Å². The molecule has 31 heavy (non-hydrogen) atoms. The van der Waals surface area contributed by atoms with Crippen molar-refractivity contribution >= 4 is 17.5 Å². The van der Waals surface area contributed by atoms with Gasteiger partial charge in [-0.05, 0) is 66.4 Å². The van der Waals surface area contributed by atoms with E-state index < -0.39 is 11.9 Å². The smallest absolute Gasteiger partial charge is 0.252 e. The number of hydrogen-bond acceptors (Lipinski definition) is 5. The van der Waals surface area contributed by atoms with Gasteiger partial charge in [-0.2, -0.15) is 4.68 Å². The number of tetrazole rings is 1. The quantitative estimate of drug-likeness (QED) is 0.606. The summed E-state index contributed by atoms with van der Waals surface area (Å²) in [6.07, 6.45) is 0.448. The van der Waals surface area contributed by atoms with Crippen LogP contribution in [0.5, 0.6) is 0 Å². The Hall–Kier alpha value is -3.62. The molecule has 0 fully saturated rings. The van der Waals surface area contributed by atoms with Crippen molar-refractivity contribution in [2.75, 3.05) is 5.32 Å². The van der Waals surface area contributed by atoms with Crippen LogP contribution >= 0.6 is 0 Å². The second-order valence-corrected chi connectivity index (χ2v) is 7.76. The van der Waals surface area contributed by atoms with Crippen molar-refractivity contribution in [1.82, 2.24) is 25.5 Å². The van der Waals surface area contributed by atoms with Gasteiger partial charge in [-0.1, -0.05) is 32.0 Å². The molecule has 162 valence electrons. The van der Waals surface area contributed by atoms with Gasteiger partial charge in [0.2, 0.25) is 5.91 Å². The lowest BCUT2D eigenvalue weighted by molar-refractivity contribution is -0.118. The number of benzene rings is 2. The van der Waals surface area contributed by atoms with E-state index in [4.69, 9.17) is 0 Å². The molecule has 3 rings (SSSR count). The Morgan fingerprint density at radius 2 is 1.87 bits per heavy atom. The standard InChI is InChI=1S/C22H25FN6O2/c1-13(2)11-19(25-21(30)17-8-6-5-7-14(17)3)22(31)24-16-9-10-18(23)20(12-16)29-15(4)26-27-28-29/h5-10,12-13,19H,11H2,1-4H3,(H,24,31)(H,25,30). The molecule has 1 atom stereocenters. The summed E-state index contributed by atoms with van der Waals surface area (Å²) in [5.41, 5.74) is 1.82. The molecule has 0 saturated carbocycles. The number of carbonyl (C=O) groups is 2. The number of nitrogens with one attached hydrogen (secondary N) is 2. The van der Waals surface area contributed by atoms with Crippen LogP contribution in [0.2, 0.25) is 0 Å². The van der Waals surface area contributed by atoms with E-state index >= 15 is 0 Å². The summed E-state index contributed by atoms with van der Waals surface area (Å²) >= 11 is 0. The molecule has 0 aliphatic heterocycles. The Morgan fingerprint density at radius 3 is 2.52 bits per heavy atom. The lowest BCUT2D eigenvalue weighted by atomic mass is 10.0. The van der Waals surface area contributed by atoms with Crippen molar-refractivity contribution in [2.45, 2.75) is 40.2 Å². The van der Waals surface area contributed by atoms with Crippen molar-refractivity contribution in [3.63, 3.8) is 0 Å². The van der Waals surface area contributed by atoms with Crippen LogP contribution in [-0.4, -0.2) is 38.1 Å². The van der Waals surface area contributed by atoms with Crippen LogP contribution in [0, 0.1) is 25.6 Å². The minimum absolute atomic E-state index is 0.115. The van der Waals surface area contributed by atoms with E-state index in [2.05, 4.69) is 26.2 Å². The van der Waals surface area contributed by atoms with Crippen LogP contribution in [0.25, 0.3) is 5.69 Å². The highest BCUT2D eigenvalue weighted by molar-refractivity contribution is 6.01. The molecule has 2 amide bonds. The first-order chi connectivity index (χ1) is 14.8. The van der Waals surface area contributed by atoms with Gasteiger partial charge in [0.15, 0.2) is 5.82 Å². The highest BCUT2D eigenvalue weighted by atomic mass is 19.1. The van der Waals surface area contributed by atoms with E-state index in [-0.39, 0.29) is 23.4 Å². The van der Waals surface area contributed by atoms with Crippen LogP contribution in [0.4, 0.5) is 10.1 Å². The zero-order chi connectivity index (χ0) is 22.5. The van der Waals surface area contributed by atoms with Crippen LogP contribution in [0.15, 0.2) is 42.5 Å². The second-order valence-electron chi connectivity index (χ2n) is 7.76. The van der Waals surface area contributed by atoms with Crippen LogP contribution < -0.4 is 10.6 Å². The van der Waals surface area contributed by atoms with Crippen molar-refractivity contribution in [3.8, 4) is 5.69 Å². The zero-order valence-electron chi connectivity index (χ0n) is 17.9. The molecule has 0 aliphatic carbocycles. The number of carbonyl (C=O) groups excluding carboxylic acids is 2. The highest BCUT2D eigenvalue weighted by Crippen LogP contribution is 2.20. The molecule has 0 aliphatic rings. The van der Waals surface area contributed by atoms with E-state index in [0.29, 0.717) is 23.5 Å². The fourth-order valence-corrected chi connectivity index (χ4v) is 3.20. The lowest BCUT2D eigenvalue weighted by Gasteiger charge is -2.21. The Morgan fingerprint density at radius 1 is 1.13 bits per heavy atom. The van der Waals surface area contributed by atoms with Gasteiger partial charge < -0.3 is 10.6 Å². The van der Waals surface area contributed by atoms with Crippen molar-refractivity contribution < 1.29 is 14.0 Å². The summed E-state index contributed by atoms with van der Waals surface area (Å²) < 4.78 is 15.5. The molecule has 0 saturated heterocycles. The molecule has 1 aromatic heterocycles. The van der Waals surface area contributed by atoms with Gasteiger partial charge >= 0.3 is 0 Å². The molecular formula is C22H25FN6O2. The normalized spacial score (nSPS) is 11.9. The summed E-state index contributed by atoms with van der Waals surface area (Å²) in [7, 11) is 0. The minimum atomic E-state index is -0.754. The second kappa shape index (κ2) is 9.46. The number of hydrogen-bond donors (Lipinski definition) is 2. The lowest BCUT2D eigenvalue weighted by Crippen LogP contribution is -2.44. The number of anilines is 1. The number of amides is 2. The number of aryl methyl sites for hydroxylation is 2. The molecule has 8 nitrogen and oxygen atoms in total. The topological polar surface area (TPSA) is 102 Å². The minimum Gasteiger partial charge on any atom is -0.340 e. The number of halogens is 1. The molecular weight excluding hydrogens is 399 g/mol. The first-order valence-electron chi connectivity index (χ1n) is 9.98. The van der Waals surface area contributed by atoms with E-state index in [0.717, 1.165) is 5.56 Å². The summed E-state index contributed by atoms with van der Waals surface area (Å²) in [5, 5.41) is 16.6. The van der Waals surface area contributed by atoms with E-state index in [9.17, 15) is 14.0 Å². The molecule has 3 aromatic rings. The van der Waals surface area contributed by atoms with Gasteiger partial charge in [0.1, 0.15) is 17.5 Å². The monoisotopic (exact) mass is 424 g/mol. The molecule has 1 unspecified atom stereocenters. The SMILES string of the molecule is Cc1ccccc1C(=O)NC(CC(C)C)C(=O)Nc1ccc(F)c(-n2nnnc2C)c1. The summed E-state index contributed by atoms with van der Waals surface area (Å²) in [4.78, 5) is 25.7. The van der Waals surface area contributed by atoms with Gasteiger partial charge in [0.05, 0.1) is 0 Å². The molecule has 0 bridgehead atoms. The Labute approximate surface area is 179 Å². The van der Waals surface area contributed by atoms with Gasteiger partial charge in [-0.15, -0.1) is 5.10 Å². The number of nitrogens with zero attached hydrogens (tertiary/aromatic N) is 4. The van der Waals surface area contributed by atoms with Crippen molar-refractivity contribution in [1.29, 1.82) is 0 Å². The molecule has 0 spiro atoms. The summed E-state index contributed by atoms with van der Waals surface area (Å²) in [6, 6.07) is 10.6. The van der Waals surface area contributed by atoms with Gasteiger partial charge in [-0.25, -0.2) is 4.39 Å². The molecule has 0 radical (unpaired) electrons. The number of aromatic nitrogens is 4. The van der Waals surface area contributed by atoms with Crippen LogP contribution in [0.1, 0.15) is 42.0 Å². The third-order valence-corrected chi connectivity index (χ3v) is 4.79. The molecule has 2 N–H and O–H groups in total. The molecule has 1 heterocycles. The van der Waals surface area contributed by atoms with Crippen LogP contribution in [0.3, 0.4) is 0 Å². The predicted molar refractivity (Wildman–Crippen MR) is 114 cm³/mol. The third kappa shape index (κ3) is 5.30. The largest absolute Gasteiger partial charge is 0.340 e. The van der Waals surface area contributed by atoms with Crippen molar-refractivity contribution in [3.05, 3.63) is 65.2 Å². The summed E-state index contributed by atoms with van der Waals surface area (Å²) in [6.45, 7) is 7.42. The van der Waals surface area contributed by atoms with Gasteiger partial charge in [-0.3, -0.25) is 9.59 Å². The average molecular weight is 424 g/mol.